The van der Waals surface area contributed by atoms with Crippen LogP contribution >= 0.6 is 0 Å². The lowest BCUT2D eigenvalue weighted by Crippen LogP contribution is -2.42. The molecule has 19 heavy (non-hydrogen) atoms. The maximum Gasteiger partial charge on any atom is 0.191 e. The highest BCUT2D eigenvalue weighted by Gasteiger charge is 2.37. The summed E-state index contributed by atoms with van der Waals surface area (Å²) in [5.74, 6) is 4.38. The van der Waals surface area contributed by atoms with E-state index in [9.17, 15) is 0 Å². The van der Waals surface area contributed by atoms with Gasteiger partial charge < -0.3 is 4.43 Å². The molecule has 0 heterocycles. The monoisotopic (exact) mass is 298 g/mol. The van der Waals surface area contributed by atoms with Crippen LogP contribution in [0.15, 0.2) is 0 Å². The van der Waals surface area contributed by atoms with E-state index >= 15 is 0 Å². The van der Waals surface area contributed by atoms with E-state index in [1.165, 1.54) is 0 Å². The summed E-state index contributed by atoms with van der Waals surface area (Å²) in [5.41, 5.74) is 3.47. The highest BCUT2D eigenvalue weighted by Crippen LogP contribution is 2.37. The fourth-order valence-electron chi connectivity index (χ4n) is 1.17. The summed E-state index contributed by atoms with van der Waals surface area (Å²) < 4.78 is 6.29. The minimum absolute atomic E-state index is 0.292. The van der Waals surface area contributed by atoms with Gasteiger partial charge >= 0.3 is 0 Å². The molecule has 0 aliphatic carbocycles. The van der Waals surface area contributed by atoms with Crippen LogP contribution in [0.2, 0.25) is 37.8 Å². The van der Waals surface area contributed by atoms with E-state index in [4.69, 9.17) is 4.43 Å². The normalized spacial score (nSPS) is 16.5. The topological polar surface area (TPSA) is 9.23 Å². The van der Waals surface area contributed by atoms with E-state index < -0.39 is 16.4 Å². The van der Waals surface area contributed by atoms with Gasteiger partial charge in [0.2, 0.25) is 0 Å². The molecule has 0 N–H and O–H groups in total. The van der Waals surface area contributed by atoms with Crippen molar-refractivity contribution in [3.05, 3.63) is 0 Å². The number of rotatable bonds is 4. The molecule has 0 aromatic rings. The summed E-state index contributed by atoms with van der Waals surface area (Å²) in [6.07, 6.45) is 0. The first kappa shape index (κ1) is 19.0. The van der Waals surface area contributed by atoms with Crippen LogP contribution < -0.4 is 0 Å². The van der Waals surface area contributed by atoms with E-state index in [0.29, 0.717) is 16.9 Å². The van der Waals surface area contributed by atoms with E-state index in [2.05, 4.69) is 78.8 Å². The Labute approximate surface area is 123 Å². The molecular formula is C16H34OSi2. The van der Waals surface area contributed by atoms with Crippen molar-refractivity contribution in [3.63, 3.8) is 0 Å². The molecule has 0 bridgehead atoms. The Morgan fingerprint density at radius 1 is 1.00 bits per heavy atom. The third-order valence-corrected chi connectivity index (χ3v) is 9.44. The molecule has 0 unspecified atom stereocenters. The Kier molecular flexibility index (Phi) is 6.59. The minimum Gasteiger partial charge on any atom is -0.417 e. The Hall–Kier alpha value is -0.0462. The van der Waals surface area contributed by atoms with Crippen molar-refractivity contribution in [2.45, 2.75) is 72.4 Å². The molecule has 1 nitrogen and oxygen atoms in total. The van der Waals surface area contributed by atoms with Gasteiger partial charge in [-0.25, -0.2) is 0 Å². The molecule has 112 valence electrons. The van der Waals surface area contributed by atoms with E-state index in [1.807, 2.05) is 0 Å². The third kappa shape index (κ3) is 7.34. The molecule has 0 saturated heterocycles. The Morgan fingerprint density at radius 3 is 1.84 bits per heavy atom. The van der Waals surface area contributed by atoms with Crippen molar-refractivity contribution in [2.24, 2.45) is 11.8 Å². The zero-order valence-corrected chi connectivity index (χ0v) is 16.8. The highest BCUT2D eigenvalue weighted by molar-refractivity contribution is 6.83. The number of hydrogen-bond donors (Lipinski definition) is 0. The molecule has 0 aliphatic heterocycles. The molecule has 0 fully saturated rings. The lowest BCUT2D eigenvalue weighted by Gasteiger charge is -2.37. The van der Waals surface area contributed by atoms with Crippen molar-refractivity contribution in [2.75, 3.05) is 6.61 Å². The van der Waals surface area contributed by atoms with Crippen molar-refractivity contribution >= 4 is 16.4 Å². The zero-order chi connectivity index (χ0) is 15.5. The Balaban J connectivity index is 4.47. The molecule has 0 aromatic heterocycles. The standard InChI is InChI=1S/C16H34OSi2/c1-14(11-12-18(6,7)8)15(2)13-17-19(9,10)16(3,4)5/h14-15H,13H2,1-10H3/t14-,15-/m0/s1. The molecule has 0 spiro atoms. The van der Waals surface area contributed by atoms with Crippen LogP contribution in [0.4, 0.5) is 0 Å². The summed E-state index contributed by atoms with van der Waals surface area (Å²) in [6.45, 7) is 23.7. The highest BCUT2D eigenvalue weighted by atomic mass is 28.4. The summed E-state index contributed by atoms with van der Waals surface area (Å²) in [6, 6.07) is 0. The quantitative estimate of drug-likeness (QED) is 0.514. The maximum absolute atomic E-state index is 6.29. The van der Waals surface area contributed by atoms with Gasteiger partial charge in [-0.05, 0) is 24.1 Å². The van der Waals surface area contributed by atoms with Crippen molar-refractivity contribution < 1.29 is 4.43 Å². The van der Waals surface area contributed by atoms with Gasteiger partial charge in [0.05, 0.1) is 0 Å². The van der Waals surface area contributed by atoms with Gasteiger partial charge in [-0.15, -0.1) is 11.5 Å². The van der Waals surface area contributed by atoms with E-state index in [0.717, 1.165) is 6.61 Å². The summed E-state index contributed by atoms with van der Waals surface area (Å²) in [4.78, 5) is 0. The molecule has 0 radical (unpaired) electrons. The molecule has 0 amide bonds. The van der Waals surface area contributed by atoms with Gasteiger partial charge in [-0.1, -0.05) is 54.3 Å². The summed E-state index contributed by atoms with van der Waals surface area (Å²) in [5, 5.41) is 0.292. The lowest BCUT2D eigenvalue weighted by atomic mass is 9.98. The zero-order valence-electron chi connectivity index (χ0n) is 14.8. The lowest BCUT2D eigenvalue weighted by molar-refractivity contribution is 0.217. The maximum atomic E-state index is 6.29. The fourth-order valence-corrected chi connectivity index (χ4v) is 2.95. The van der Waals surface area contributed by atoms with Crippen LogP contribution in [0.25, 0.3) is 0 Å². The van der Waals surface area contributed by atoms with E-state index in [-0.39, 0.29) is 0 Å². The summed E-state index contributed by atoms with van der Waals surface area (Å²) in [7, 11) is -2.86. The molecule has 2 atom stereocenters. The third-order valence-electron chi connectivity index (χ3n) is 4.04. The smallest absolute Gasteiger partial charge is 0.191 e. The molecule has 0 aromatic carbocycles. The second-order valence-electron chi connectivity index (χ2n) is 8.36. The van der Waals surface area contributed by atoms with Gasteiger partial charge in [0, 0.05) is 12.5 Å². The minimum atomic E-state index is -1.61. The SMILES string of the molecule is C[C@@H](C#C[Si](C)(C)C)[C@@H](C)CO[Si](C)(C)C(C)(C)C. The largest absolute Gasteiger partial charge is 0.417 e. The van der Waals surface area contributed by atoms with Gasteiger partial charge in [0.1, 0.15) is 8.07 Å². The van der Waals surface area contributed by atoms with E-state index in [1.54, 1.807) is 0 Å². The first-order valence-electron chi connectivity index (χ1n) is 7.43. The van der Waals surface area contributed by atoms with Crippen molar-refractivity contribution in [1.29, 1.82) is 0 Å². The van der Waals surface area contributed by atoms with Crippen LogP contribution in [-0.4, -0.2) is 23.0 Å². The van der Waals surface area contributed by atoms with Gasteiger partial charge in [0.25, 0.3) is 0 Å². The van der Waals surface area contributed by atoms with Crippen molar-refractivity contribution in [1.82, 2.24) is 0 Å². The van der Waals surface area contributed by atoms with Gasteiger partial charge in [-0.3, -0.25) is 0 Å². The first-order chi connectivity index (χ1) is 8.26. The Bertz CT molecular complexity index is 336. The van der Waals surface area contributed by atoms with Crippen LogP contribution in [0.5, 0.6) is 0 Å². The fraction of sp³-hybridized carbons (Fsp3) is 0.875. The average molecular weight is 299 g/mol. The molecular weight excluding hydrogens is 264 g/mol. The van der Waals surface area contributed by atoms with Crippen LogP contribution in [0.3, 0.4) is 0 Å². The van der Waals surface area contributed by atoms with Crippen LogP contribution in [0.1, 0.15) is 34.6 Å². The predicted molar refractivity (Wildman–Crippen MR) is 92.6 cm³/mol. The van der Waals surface area contributed by atoms with Crippen LogP contribution in [-0.2, 0) is 4.43 Å². The second kappa shape index (κ2) is 6.60. The van der Waals surface area contributed by atoms with Crippen molar-refractivity contribution in [3.8, 4) is 11.5 Å². The first-order valence-corrected chi connectivity index (χ1v) is 13.8. The predicted octanol–water partition coefficient (Wildman–Crippen LogP) is 5.16. The second-order valence-corrected chi connectivity index (χ2v) is 17.9. The average Bonchev–Trinajstić information content (AvgIpc) is 2.19. The van der Waals surface area contributed by atoms with Gasteiger partial charge in [-0.2, -0.15) is 0 Å². The summed E-state index contributed by atoms with van der Waals surface area (Å²) >= 11 is 0. The Morgan fingerprint density at radius 2 is 1.47 bits per heavy atom. The van der Waals surface area contributed by atoms with Crippen LogP contribution in [0, 0.1) is 23.3 Å². The number of hydrogen-bond acceptors (Lipinski definition) is 1. The molecule has 0 saturated carbocycles. The van der Waals surface area contributed by atoms with Gasteiger partial charge in [0.15, 0.2) is 8.32 Å². The molecule has 0 aliphatic rings. The molecule has 3 heteroatoms. The molecule has 0 rings (SSSR count).